The summed E-state index contributed by atoms with van der Waals surface area (Å²) in [5.41, 5.74) is 16.7. The van der Waals surface area contributed by atoms with Crippen LogP contribution in [-0.4, -0.2) is 18.2 Å². The molecule has 3 nitrogen and oxygen atoms in total. The van der Waals surface area contributed by atoms with Crippen LogP contribution >= 0.6 is 0 Å². The van der Waals surface area contributed by atoms with Crippen molar-refractivity contribution >= 4 is 0 Å². The summed E-state index contributed by atoms with van der Waals surface area (Å²) in [5.74, 6) is 0. The zero-order valence-electron chi connectivity index (χ0n) is 15.6. The number of hydrogen-bond donors (Lipinski definition) is 2. The van der Waals surface area contributed by atoms with Crippen LogP contribution < -0.4 is 11.5 Å². The molecule has 0 aromatic heterocycles. The molecular weight excluding hydrogens is 332 g/mol. The van der Waals surface area contributed by atoms with Gasteiger partial charge in [0.05, 0.1) is 12.7 Å². The Morgan fingerprint density at radius 1 is 0.556 bits per heavy atom. The number of nitrogens with two attached hydrogens (primary N) is 2. The first-order valence-corrected chi connectivity index (χ1v) is 9.47. The highest BCUT2D eigenvalue weighted by atomic mass is 16.5. The second-order valence-electron chi connectivity index (χ2n) is 6.97. The molecule has 0 aliphatic carbocycles. The molecule has 0 saturated heterocycles. The van der Waals surface area contributed by atoms with Gasteiger partial charge < -0.3 is 16.2 Å². The second kappa shape index (κ2) is 10.0. The number of ether oxygens (including phenoxy) is 1. The largest absolute Gasteiger partial charge is 0.370 e. The molecular formula is C24H28N2O. The Kier molecular flexibility index (Phi) is 7.17. The van der Waals surface area contributed by atoms with Gasteiger partial charge in [-0.25, -0.2) is 0 Å². The van der Waals surface area contributed by atoms with Crippen LogP contribution in [0.4, 0.5) is 0 Å². The van der Waals surface area contributed by atoms with E-state index in [1.165, 1.54) is 11.1 Å². The van der Waals surface area contributed by atoms with Gasteiger partial charge in [0.15, 0.2) is 0 Å². The van der Waals surface area contributed by atoms with E-state index in [9.17, 15) is 0 Å². The average molecular weight is 361 g/mol. The van der Waals surface area contributed by atoms with Crippen LogP contribution in [0.3, 0.4) is 0 Å². The summed E-state index contributed by atoms with van der Waals surface area (Å²) in [4.78, 5) is 0. The summed E-state index contributed by atoms with van der Waals surface area (Å²) in [6.07, 6.45) is 1.25. The highest BCUT2D eigenvalue weighted by Crippen LogP contribution is 2.15. The molecule has 140 valence electrons. The Balaban J connectivity index is 1.70. The lowest BCUT2D eigenvalue weighted by Crippen LogP contribution is -2.50. The van der Waals surface area contributed by atoms with Crippen LogP contribution in [0.2, 0.25) is 0 Å². The maximum absolute atomic E-state index is 6.56. The molecule has 3 heteroatoms. The lowest BCUT2D eigenvalue weighted by molar-refractivity contribution is 0.00684. The van der Waals surface area contributed by atoms with Gasteiger partial charge in [-0.2, -0.15) is 0 Å². The topological polar surface area (TPSA) is 61.3 Å². The van der Waals surface area contributed by atoms with Gasteiger partial charge in [-0.15, -0.1) is 0 Å². The van der Waals surface area contributed by atoms with E-state index in [0.29, 0.717) is 6.61 Å². The third-order valence-electron chi connectivity index (χ3n) is 4.76. The first-order valence-electron chi connectivity index (χ1n) is 9.47. The zero-order valence-corrected chi connectivity index (χ0v) is 15.6. The zero-order chi connectivity index (χ0) is 18.9. The van der Waals surface area contributed by atoms with Crippen molar-refractivity contribution in [1.82, 2.24) is 0 Å². The second-order valence-corrected chi connectivity index (χ2v) is 6.97. The SMILES string of the molecule is N[C@@H](Cc1ccccc1)C(OCc1ccccc1)[C@@H](N)Cc1ccccc1. The van der Waals surface area contributed by atoms with E-state index >= 15 is 0 Å². The highest BCUT2D eigenvalue weighted by molar-refractivity contribution is 5.19. The van der Waals surface area contributed by atoms with Crippen LogP contribution in [0.1, 0.15) is 16.7 Å². The molecule has 0 heterocycles. The van der Waals surface area contributed by atoms with Crippen molar-refractivity contribution in [3.63, 3.8) is 0 Å². The van der Waals surface area contributed by atoms with Crippen molar-refractivity contribution in [2.75, 3.05) is 0 Å². The summed E-state index contributed by atoms with van der Waals surface area (Å²) < 4.78 is 6.25. The molecule has 0 spiro atoms. The molecule has 0 radical (unpaired) electrons. The van der Waals surface area contributed by atoms with Gasteiger partial charge in [0.2, 0.25) is 0 Å². The van der Waals surface area contributed by atoms with Gasteiger partial charge in [0.25, 0.3) is 0 Å². The first-order chi connectivity index (χ1) is 13.2. The minimum atomic E-state index is -0.231. The van der Waals surface area contributed by atoms with Gasteiger partial charge >= 0.3 is 0 Å². The lowest BCUT2D eigenvalue weighted by Gasteiger charge is -2.30. The smallest absolute Gasteiger partial charge is 0.0887 e. The van der Waals surface area contributed by atoms with E-state index in [0.717, 1.165) is 18.4 Å². The van der Waals surface area contributed by atoms with E-state index in [2.05, 4.69) is 36.4 Å². The third kappa shape index (κ3) is 6.04. The van der Waals surface area contributed by atoms with Gasteiger partial charge in [0.1, 0.15) is 0 Å². The summed E-state index contributed by atoms with van der Waals surface area (Å²) in [7, 11) is 0. The lowest BCUT2D eigenvalue weighted by atomic mass is 9.93. The Bertz CT molecular complexity index is 730. The quantitative estimate of drug-likeness (QED) is 0.611. The average Bonchev–Trinajstić information content (AvgIpc) is 2.70. The van der Waals surface area contributed by atoms with Crippen molar-refractivity contribution in [1.29, 1.82) is 0 Å². The van der Waals surface area contributed by atoms with E-state index in [1.807, 2.05) is 54.6 Å². The molecule has 3 rings (SSSR count). The van der Waals surface area contributed by atoms with Crippen LogP contribution in [0, 0.1) is 0 Å². The van der Waals surface area contributed by atoms with E-state index < -0.39 is 0 Å². The van der Waals surface area contributed by atoms with Crippen LogP contribution in [-0.2, 0) is 24.2 Å². The Labute approximate surface area is 162 Å². The number of hydrogen-bond acceptors (Lipinski definition) is 3. The minimum Gasteiger partial charge on any atom is -0.370 e. The fraction of sp³-hybridized carbons (Fsp3) is 0.250. The molecule has 0 bridgehead atoms. The van der Waals surface area contributed by atoms with Crippen molar-refractivity contribution in [3.05, 3.63) is 108 Å². The Hall–Kier alpha value is -2.46. The first kappa shape index (κ1) is 19.3. The molecule has 3 aromatic carbocycles. The standard InChI is InChI=1S/C24H28N2O/c25-22(16-19-10-4-1-5-11-19)24(27-18-21-14-8-3-9-15-21)23(26)17-20-12-6-2-7-13-20/h1-15,22-24H,16-18,25-26H2/t22-,23-/m0/s1. The Morgan fingerprint density at radius 2 is 0.926 bits per heavy atom. The summed E-state index contributed by atoms with van der Waals surface area (Å²) >= 11 is 0. The fourth-order valence-corrected chi connectivity index (χ4v) is 3.34. The molecule has 2 atom stereocenters. The minimum absolute atomic E-state index is 0.171. The highest BCUT2D eigenvalue weighted by Gasteiger charge is 2.26. The summed E-state index contributed by atoms with van der Waals surface area (Å²) in [5, 5.41) is 0. The summed E-state index contributed by atoms with van der Waals surface area (Å²) in [6, 6.07) is 30.3. The molecule has 0 amide bonds. The predicted octanol–water partition coefficient (Wildman–Crippen LogP) is 3.71. The molecule has 0 aliphatic rings. The third-order valence-corrected chi connectivity index (χ3v) is 4.76. The Morgan fingerprint density at radius 3 is 1.33 bits per heavy atom. The fourth-order valence-electron chi connectivity index (χ4n) is 3.34. The molecule has 4 N–H and O–H groups in total. The van der Waals surface area contributed by atoms with Crippen LogP contribution in [0.5, 0.6) is 0 Å². The van der Waals surface area contributed by atoms with E-state index in [4.69, 9.17) is 16.2 Å². The summed E-state index contributed by atoms with van der Waals surface area (Å²) in [6.45, 7) is 0.510. The predicted molar refractivity (Wildman–Crippen MR) is 111 cm³/mol. The number of benzene rings is 3. The maximum Gasteiger partial charge on any atom is 0.0887 e. The van der Waals surface area contributed by atoms with Crippen molar-refractivity contribution in [2.45, 2.75) is 37.6 Å². The van der Waals surface area contributed by atoms with Crippen LogP contribution in [0.15, 0.2) is 91.0 Å². The molecule has 0 fully saturated rings. The van der Waals surface area contributed by atoms with Crippen molar-refractivity contribution < 1.29 is 4.74 Å². The molecule has 0 saturated carbocycles. The van der Waals surface area contributed by atoms with Gasteiger partial charge in [-0.3, -0.25) is 0 Å². The normalized spacial score (nSPS) is 13.4. The van der Waals surface area contributed by atoms with Crippen molar-refractivity contribution in [2.24, 2.45) is 11.5 Å². The number of rotatable bonds is 9. The van der Waals surface area contributed by atoms with E-state index in [-0.39, 0.29) is 18.2 Å². The molecule has 0 unspecified atom stereocenters. The van der Waals surface area contributed by atoms with Crippen molar-refractivity contribution in [3.8, 4) is 0 Å². The molecule has 27 heavy (non-hydrogen) atoms. The monoisotopic (exact) mass is 360 g/mol. The van der Waals surface area contributed by atoms with Gasteiger partial charge in [-0.1, -0.05) is 91.0 Å². The van der Waals surface area contributed by atoms with E-state index in [1.54, 1.807) is 0 Å². The van der Waals surface area contributed by atoms with Crippen LogP contribution in [0.25, 0.3) is 0 Å². The van der Waals surface area contributed by atoms with Gasteiger partial charge in [-0.05, 0) is 29.5 Å². The van der Waals surface area contributed by atoms with Gasteiger partial charge in [0, 0.05) is 12.1 Å². The molecule has 0 aliphatic heterocycles. The maximum atomic E-state index is 6.56. The molecule has 3 aromatic rings.